The molecule has 0 radical (unpaired) electrons. The van der Waals surface area contributed by atoms with Crippen LogP contribution >= 0.6 is 0 Å². The van der Waals surface area contributed by atoms with E-state index in [4.69, 9.17) is 0 Å². The van der Waals surface area contributed by atoms with Crippen LogP contribution in [0.15, 0.2) is 24.3 Å². The van der Waals surface area contributed by atoms with Gasteiger partial charge in [-0.3, -0.25) is 9.48 Å². The second kappa shape index (κ2) is 5.76. The number of benzene rings is 1. The van der Waals surface area contributed by atoms with Gasteiger partial charge in [0.15, 0.2) is 0 Å². The van der Waals surface area contributed by atoms with E-state index in [9.17, 15) is 4.79 Å². The first-order valence-electron chi connectivity index (χ1n) is 8.84. The molecule has 1 N–H and O–H groups in total. The number of aromatic amines is 1. The molecular formula is C20H24N4O. The minimum absolute atomic E-state index is 0.166. The zero-order valence-electron chi connectivity index (χ0n) is 15.3. The van der Waals surface area contributed by atoms with Gasteiger partial charge < -0.3 is 9.88 Å². The number of hydrogen-bond donors (Lipinski definition) is 1. The van der Waals surface area contributed by atoms with E-state index in [1.807, 2.05) is 43.5 Å². The van der Waals surface area contributed by atoms with Crippen molar-refractivity contribution >= 4 is 16.8 Å². The smallest absolute Gasteiger partial charge is 0.230 e. The number of nitrogens with zero attached hydrogens (tertiary/aromatic N) is 3. The highest BCUT2D eigenvalue weighted by atomic mass is 16.2. The molecule has 5 heteroatoms. The molecule has 1 aromatic carbocycles. The van der Waals surface area contributed by atoms with Crippen molar-refractivity contribution in [3.8, 4) is 0 Å². The van der Waals surface area contributed by atoms with Crippen LogP contribution in [0.3, 0.4) is 0 Å². The highest BCUT2D eigenvalue weighted by molar-refractivity contribution is 5.87. The lowest BCUT2D eigenvalue weighted by Gasteiger charge is -2.30. The molecular weight excluding hydrogens is 312 g/mol. The van der Waals surface area contributed by atoms with Gasteiger partial charge in [0.1, 0.15) is 0 Å². The molecule has 0 bridgehead atoms. The predicted octanol–water partition coefficient (Wildman–Crippen LogP) is 3.21. The van der Waals surface area contributed by atoms with Crippen LogP contribution in [0.4, 0.5) is 0 Å². The number of fused-ring (bicyclic) bond motifs is 3. The zero-order chi connectivity index (χ0) is 17.7. The fourth-order valence-electron chi connectivity index (χ4n) is 4.17. The number of rotatable bonds is 2. The van der Waals surface area contributed by atoms with Crippen LogP contribution in [0.1, 0.15) is 41.1 Å². The minimum Gasteiger partial charge on any atom is -0.358 e. The molecule has 0 fully saturated rings. The van der Waals surface area contributed by atoms with Gasteiger partial charge in [0.25, 0.3) is 0 Å². The Morgan fingerprint density at radius 3 is 2.76 bits per heavy atom. The van der Waals surface area contributed by atoms with Crippen molar-refractivity contribution < 1.29 is 4.79 Å². The lowest BCUT2D eigenvalue weighted by atomic mass is 9.96. The van der Waals surface area contributed by atoms with E-state index in [0.717, 1.165) is 35.4 Å². The highest BCUT2D eigenvalue weighted by Crippen LogP contribution is 2.30. The number of aromatic nitrogens is 3. The summed E-state index contributed by atoms with van der Waals surface area (Å²) in [5.41, 5.74) is 6.79. The van der Waals surface area contributed by atoms with Gasteiger partial charge in [0.05, 0.1) is 11.6 Å². The van der Waals surface area contributed by atoms with Crippen LogP contribution in [0.5, 0.6) is 0 Å². The normalized spacial score (nSPS) is 15.4. The average molecular weight is 336 g/mol. The molecule has 0 saturated heterocycles. The van der Waals surface area contributed by atoms with Crippen molar-refractivity contribution in [2.24, 2.45) is 7.05 Å². The fraction of sp³-hybridized carbons (Fsp3) is 0.400. The number of amides is 1. The van der Waals surface area contributed by atoms with Crippen LogP contribution in [0, 0.1) is 13.8 Å². The second-order valence-corrected chi connectivity index (χ2v) is 7.07. The van der Waals surface area contributed by atoms with Gasteiger partial charge in [0.2, 0.25) is 5.91 Å². The maximum absolute atomic E-state index is 13.2. The molecule has 1 aliphatic rings. The maximum atomic E-state index is 13.2. The van der Waals surface area contributed by atoms with Gasteiger partial charge in [-0.2, -0.15) is 5.10 Å². The first kappa shape index (κ1) is 15.9. The van der Waals surface area contributed by atoms with Gasteiger partial charge >= 0.3 is 0 Å². The topological polar surface area (TPSA) is 53.9 Å². The molecule has 0 saturated carbocycles. The van der Waals surface area contributed by atoms with Crippen LogP contribution in [-0.4, -0.2) is 32.1 Å². The Morgan fingerprint density at radius 1 is 1.28 bits per heavy atom. The zero-order valence-corrected chi connectivity index (χ0v) is 15.3. The molecule has 2 aromatic heterocycles. The Labute approximate surface area is 147 Å². The summed E-state index contributed by atoms with van der Waals surface area (Å²) in [7, 11) is 1.93. The molecule has 0 spiro atoms. The Hall–Kier alpha value is -2.56. The number of carbonyl (C=O) groups excluding carboxylic acids is 1. The van der Waals surface area contributed by atoms with Crippen molar-refractivity contribution in [2.75, 3.05) is 6.54 Å². The van der Waals surface area contributed by atoms with Gasteiger partial charge in [-0.15, -0.1) is 0 Å². The van der Waals surface area contributed by atoms with E-state index in [-0.39, 0.29) is 11.8 Å². The molecule has 1 amide bonds. The third kappa shape index (κ3) is 2.46. The lowest BCUT2D eigenvalue weighted by Crippen LogP contribution is -2.38. The summed E-state index contributed by atoms with van der Waals surface area (Å²) in [5, 5.41) is 5.70. The minimum atomic E-state index is -0.166. The molecule has 3 aromatic rings. The van der Waals surface area contributed by atoms with Gasteiger partial charge in [0, 0.05) is 60.0 Å². The SMILES string of the molecule is Cc1nn(C)c(C)c1[C@@H](C)C(=O)N1CCc2[nH]c3ccccc3c2C1. The van der Waals surface area contributed by atoms with E-state index in [1.54, 1.807) is 0 Å². The first-order valence-corrected chi connectivity index (χ1v) is 8.84. The van der Waals surface area contributed by atoms with Gasteiger partial charge in [-0.05, 0) is 26.8 Å². The van der Waals surface area contributed by atoms with Crippen molar-refractivity contribution in [1.82, 2.24) is 19.7 Å². The van der Waals surface area contributed by atoms with Crippen LogP contribution in [-0.2, 0) is 24.8 Å². The average Bonchev–Trinajstić information content (AvgIpc) is 3.10. The molecule has 4 rings (SSSR count). The fourth-order valence-corrected chi connectivity index (χ4v) is 4.17. The molecule has 0 unspecified atom stereocenters. The molecule has 5 nitrogen and oxygen atoms in total. The Balaban J connectivity index is 1.63. The summed E-state index contributed by atoms with van der Waals surface area (Å²) in [4.78, 5) is 18.7. The van der Waals surface area contributed by atoms with Gasteiger partial charge in [-0.1, -0.05) is 18.2 Å². The van der Waals surface area contributed by atoms with Crippen LogP contribution in [0.2, 0.25) is 0 Å². The molecule has 1 aliphatic heterocycles. The predicted molar refractivity (Wildman–Crippen MR) is 98.5 cm³/mol. The monoisotopic (exact) mass is 336 g/mol. The largest absolute Gasteiger partial charge is 0.358 e. The van der Waals surface area contributed by atoms with Crippen LogP contribution in [0.25, 0.3) is 10.9 Å². The van der Waals surface area contributed by atoms with E-state index in [0.29, 0.717) is 6.54 Å². The van der Waals surface area contributed by atoms with E-state index in [2.05, 4.69) is 28.3 Å². The van der Waals surface area contributed by atoms with Crippen molar-refractivity contribution in [1.29, 1.82) is 0 Å². The Morgan fingerprint density at radius 2 is 2.04 bits per heavy atom. The maximum Gasteiger partial charge on any atom is 0.230 e. The molecule has 1 atom stereocenters. The number of hydrogen-bond acceptors (Lipinski definition) is 2. The van der Waals surface area contributed by atoms with Crippen molar-refractivity contribution in [2.45, 2.75) is 39.7 Å². The first-order chi connectivity index (χ1) is 12.0. The van der Waals surface area contributed by atoms with E-state index < -0.39 is 0 Å². The second-order valence-electron chi connectivity index (χ2n) is 7.07. The molecule has 0 aliphatic carbocycles. The number of H-pyrrole nitrogens is 1. The number of nitrogens with one attached hydrogen (secondary N) is 1. The number of carbonyl (C=O) groups is 1. The third-order valence-corrected chi connectivity index (χ3v) is 5.56. The summed E-state index contributed by atoms with van der Waals surface area (Å²) in [5.74, 6) is 0.0237. The molecule has 25 heavy (non-hydrogen) atoms. The van der Waals surface area contributed by atoms with E-state index in [1.165, 1.54) is 16.6 Å². The Kier molecular flexibility index (Phi) is 3.67. The van der Waals surface area contributed by atoms with Crippen molar-refractivity contribution in [3.63, 3.8) is 0 Å². The Bertz CT molecular complexity index is 966. The summed E-state index contributed by atoms with van der Waals surface area (Å²) < 4.78 is 1.86. The summed E-state index contributed by atoms with van der Waals surface area (Å²) in [6, 6.07) is 8.34. The lowest BCUT2D eigenvalue weighted by molar-refractivity contribution is -0.133. The van der Waals surface area contributed by atoms with Crippen molar-refractivity contribution in [3.05, 3.63) is 52.5 Å². The molecule has 130 valence electrons. The standard InChI is InChI=1S/C20H24N4O/c1-12(19-13(2)22-23(4)14(19)3)20(25)24-10-9-18-16(11-24)15-7-5-6-8-17(15)21-18/h5-8,12,21H,9-11H2,1-4H3/t12-/m1/s1. The highest BCUT2D eigenvalue weighted by Gasteiger charge is 2.30. The van der Waals surface area contributed by atoms with Gasteiger partial charge in [-0.25, -0.2) is 0 Å². The quantitative estimate of drug-likeness (QED) is 0.781. The number of para-hydroxylation sites is 1. The third-order valence-electron chi connectivity index (χ3n) is 5.56. The summed E-state index contributed by atoms with van der Waals surface area (Å²) in [6.07, 6.45) is 0.882. The summed E-state index contributed by atoms with van der Waals surface area (Å²) >= 11 is 0. The van der Waals surface area contributed by atoms with E-state index >= 15 is 0 Å². The molecule has 3 heterocycles. The number of aryl methyl sites for hydroxylation is 2. The summed E-state index contributed by atoms with van der Waals surface area (Å²) in [6.45, 7) is 7.47. The van der Waals surface area contributed by atoms with Crippen LogP contribution < -0.4 is 0 Å².